The maximum Gasteiger partial charge on any atom is 0.419 e. The van der Waals surface area contributed by atoms with Crippen LogP contribution in [0.15, 0.2) is 15.5 Å². The number of rotatable bonds is 1. The van der Waals surface area contributed by atoms with Crippen LogP contribution in [0.3, 0.4) is 0 Å². The fourth-order valence-electron chi connectivity index (χ4n) is 1.29. The van der Waals surface area contributed by atoms with Crippen LogP contribution in [0, 0.1) is 0 Å². The maximum atomic E-state index is 11.2. The normalized spacial score (nSPS) is 12.0. The van der Waals surface area contributed by atoms with Crippen molar-refractivity contribution in [2.45, 2.75) is 39.7 Å². The van der Waals surface area contributed by atoms with Gasteiger partial charge in [-0.2, -0.15) is 0 Å². The highest BCUT2D eigenvalue weighted by Crippen LogP contribution is 2.14. The zero-order chi connectivity index (χ0) is 9.35. The van der Waals surface area contributed by atoms with Crippen LogP contribution in [-0.4, -0.2) is 4.57 Å². The Morgan fingerprint density at radius 3 is 2.42 bits per heavy atom. The van der Waals surface area contributed by atoms with E-state index in [1.54, 1.807) is 4.57 Å². The molecule has 0 saturated heterocycles. The molecule has 0 unspecified atom stereocenters. The molecule has 0 aliphatic heterocycles. The van der Waals surface area contributed by atoms with E-state index in [0.29, 0.717) is 0 Å². The number of aromatic nitrogens is 1. The predicted molar refractivity (Wildman–Crippen MR) is 47.3 cm³/mol. The molecular formula is C9H15NO2. The van der Waals surface area contributed by atoms with Crippen LogP contribution >= 0.6 is 0 Å². The number of hydrogen-bond donors (Lipinski definition) is 0. The molecule has 0 aliphatic rings. The topological polar surface area (TPSA) is 35.1 Å². The molecule has 0 spiro atoms. The summed E-state index contributed by atoms with van der Waals surface area (Å²) in [6.07, 6.45) is 2.36. The van der Waals surface area contributed by atoms with Crippen molar-refractivity contribution < 1.29 is 4.42 Å². The van der Waals surface area contributed by atoms with Gasteiger partial charge in [-0.3, -0.25) is 4.57 Å². The number of hydrogen-bond acceptors (Lipinski definition) is 2. The molecule has 0 N–H and O–H groups in total. The molecule has 0 radical (unpaired) electrons. The van der Waals surface area contributed by atoms with Crippen LogP contribution in [0.25, 0.3) is 0 Å². The molecule has 0 saturated carbocycles. The molecule has 0 fully saturated rings. The molecule has 3 heteroatoms. The average Bonchev–Trinajstić information content (AvgIpc) is 2.29. The second kappa shape index (κ2) is 2.81. The van der Waals surface area contributed by atoms with E-state index in [4.69, 9.17) is 4.42 Å². The molecule has 68 valence electrons. The lowest BCUT2D eigenvalue weighted by Crippen LogP contribution is -2.32. The Morgan fingerprint density at radius 2 is 2.08 bits per heavy atom. The van der Waals surface area contributed by atoms with Gasteiger partial charge in [0.05, 0.1) is 5.69 Å². The van der Waals surface area contributed by atoms with Crippen molar-refractivity contribution in [3.8, 4) is 0 Å². The second-order valence-corrected chi connectivity index (χ2v) is 3.85. The van der Waals surface area contributed by atoms with Crippen molar-refractivity contribution in [3.63, 3.8) is 0 Å². The summed E-state index contributed by atoms with van der Waals surface area (Å²) >= 11 is 0. The Hall–Kier alpha value is -0.990. The van der Waals surface area contributed by atoms with E-state index in [-0.39, 0.29) is 11.3 Å². The average molecular weight is 169 g/mol. The van der Waals surface area contributed by atoms with Gasteiger partial charge in [0.15, 0.2) is 0 Å². The smallest absolute Gasteiger partial charge is 0.416 e. The zero-order valence-electron chi connectivity index (χ0n) is 8.05. The first kappa shape index (κ1) is 9.10. The van der Waals surface area contributed by atoms with Crippen molar-refractivity contribution in [2.24, 2.45) is 0 Å². The second-order valence-electron chi connectivity index (χ2n) is 3.85. The molecule has 12 heavy (non-hydrogen) atoms. The van der Waals surface area contributed by atoms with Crippen molar-refractivity contribution in [2.75, 3.05) is 0 Å². The van der Waals surface area contributed by atoms with E-state index in [1.165, 1.54) is 6.26 Å². The molecule has 1 aromatic rings. The van der Waals surface area contributed by atoms with Crippen molar-refractivity contribution in [3.05, 3.63) is 22.5 Å². The SMILES string of the molecule is CCc1coc(=O)n1C(C)(C)C. The van der Waals surface area contributed by atoms with Crippen molar-refractivity contribution in [1.82, 2.24) is 4.57 Å². The first-order valence-electron chi connectivity index (χ1n) is 4.16. The molecular weight excluding hydrogens is 154 g/mol. The molecule has 0 aromatic carbocycles. The molecule has 1 heterocycles. The van der Waals surface area contributed by atoms with Gasteiger partial charge in [0, 0.05) is 5.54 Å². The molecule has 3 nitrogen and oxygen atoms in total. The van der Waals surface area contributed by atoms with Crippen LogP contribution in [0.5, 0.6) is 0 Å². The first-order chi connectivity index (χ1) is 5.46. The monoisotopic (exact) mass is 169 g/mol. The molecule has 1 aromatic heterocycles. The van der Waals surface area contributed by atoms with Gasteiger partial charge in [-0.15, -0.1) is 0 Å². The van der Waals surface area contributed by atoms with Gasteiger partial charge in [0.25, 0.3) is 0 Å². The minimum atomic E-state index is -0.264. The van der Waals surface area contributed by atoms with E-state index in [2.05, 4.69) is 0 Å². The first-order valence-corrected chi connectivity index (χ1v) is 4.16. The summed E-state index contributed by atoms with van der Waals surface area (Å²) in [5.74, 6) is -0.264. The standard InChI is InChI=1S/C9H15NO2/c1-5-7-6-12-8(11)10(7)9(2,3)4/h6H,5H2,1-4H3. The van der Waals surface area contributed by atoms with E-state index >= 15 is 0 Å². The maximum absolute atomic E-state index is 11.2. The molecule has 0 bridgehead atoms. The highest BCUT2D eigenvalue weighted by atomic mass is 16.4. The van der Waals surface area contributed by atoms with Crippen LogP contribution in [0.1, 0.15) is 33.4 Å². The molecule has 0 atom stereocenters. The third kappa shape index (κ3) is 1.44. The van der Waals surface area contributed by atoms with Gasteiger partial charge < -0.3 is 4.42 Å². The van der Waals surface area contributed by atoms with E-state index in [0.717, 1.165) is 12.1 Å². The third-order valence-electron chi connectivity index (χ3n) is 1.80. The van der Waals surface area contributed by atoms with Gasteiger partial charge in [-0.05, 0) is 27.2 Å². The lowest BCUT2D eigenvalue weighted by atomic mass is 10.1. The largest absolute Gasteiger partial charge is 0.419 e. The summed E-state index contributed by atoms with van der Waals surface area (Å²) in [5, 5.41) is 0. The lowest BCUT2D eigenvalue weighted by molar-refractivity contribution is 0.345. The quantitative estimate of drug-likeness (QED) is 0.642. The Morgan fingerprint density at radius 1 is 1.50 bits per heavy atom. The molecule has 0 aliphatic carbocycles. The molecule has 1 rings (SSSR count). The highest BCUT2D eigenvalue weighted by molar-refractivity contribution is 4.98. The van der Waals surface area contributed by atoms with Crippen molar-refractivity contribution in [1.29, 1.82) is 0 Å². The number of oxazole rings is 1. The summed E-state index contributed by atoms with van der Waals surface area (Å²) in [5.41, 5.74) is 0.766. The minimum Gasteiger partial charge on any atom is -0.416 e. The van der Waals surface area contributed by atoms with Crippen LogP contribution in [0.2, 0.25) is 0 Å². The fraction of sp³-hybridized carbons (Fsp3) is 0.667. The Balaban J connectivity index is 3.29. The Labute approximate surface area is 72.0 Å². The Bertz CT molecular complexity index is 314. The summed E-state index contributed by atoms with van der Waals surface area (Å²) < 4.78 is 6.51. The number of aryl methyl sites for hydroxylation is 1. The summed E-state index contributed by atoms with van der Waals surface area (Å²) in [4.78, 5) is 11.2. The third-order valence-corrected chi connectivity index (χ3v) is 1.80. The van der Waals surface area contributed by atoms with Crippen LogP contribution < -0.4 is 5.76 Å². The lowest BCUT2D eigenvalue weighted by Gasteiger charge is -2.20. The zero-order valence-corrected chi connectivity index (χ0v) is 8.05. The van der Waals surface area contributed by atoms with Gasteiger partial charge in [0.2, 0.25) is 0 Å². The van der Waals surface area contributed by atoms with Gasteiger partial charge >= 0.3 is 5.76 Å². The minimum absolute atomic E-state index is 0.185. The van der Waals surface area contributed by atoms with Gasteiger partial charge in [-0.25, -0.2) is 4.79 Å². The van der Waals surface area contributed by atoms with Gasteiger partial charge in [-0.1, -0.05) is 6.92 Å². The Kier molecular flexibility index (Phi) is 2.13. The van der Waals surface area contributed by atoms with Crippen LogP contribution in [0.4, 0.5) is 0 Å². The number of nitrogens with zero attached hydrogens (tertiary/aromatic N) is 1. The molecule has 0 amide bonds. The summed E-state index contributed by atoms with van der Waals surface area (Å²) in [6.45, 7) is 7.97. The highest BCUT2D eigenvalue weighted by Gasteiger charge is 2.19. The van der Waals surface area contributed by atoms with E-state index in [9.17, 15) is 4.79 Å². The summed E-state index contributed by atoms with van der Waals surface area (Å²) in [6, 6.07) is 0. The van der Waals surface area contributed by atoms with Crippen LogP contribution in [-0.2, 0) is 12.0 Å². The fourth-order valence-corrected chi connectivity index (χ4v) is 1.29. The summed E-state index contributed by atoms with van der Waals surface area (Å²) in [7, 11) is 0. The van der Waals surface area contributed by atoms with Gasteiger partial charge in [0.1, 0.15) is 6.26 Å². The van der Waals surface area contributed by atoms with Crippen molar-refractivity contribution >= 4 is 0 Å². The van der Waals surface area contributed by atoms with E-state index in [1.807, 2.05) is 27.7 Å². The predicted octanol–water partition coefficient (Wildman–Crippen LogP) is 1.76. The van der Waals surface area contributed by atoms with E-state index < -0.39 is 0 Å².